The highest BCUT2D eigenvalue weighted by molar-refractivity contribution is 14.1. The van der Waals surface area contributed by atoms with Crippen LogP contribution in [0.15, 0.2) is 12.1 Å². The Morgan fingerprint density at radius 1 is 0.964 bits per heavy atom. The highest BCUT2D eigenvalue weighted by Gasteiger charge is 2.38. The summed E-state index contributed by atoms with van der Waals surface area (Å²) in [6.07, 6.45) is 1.28. The maximum atomic E-state index is 12.9. The Morgan fingerprint density at radius 2 is 1.50 bits per heavy atom. The number of hydrogen-bond acceptors (Lipinski definition) is 4. The maximum Gasteiger partial charge on any atom is 0.410 e. The van der Waals surface area contributed by atoms with Crippen molar-refractivity contribution < 1.29 is 19.1 Å². The molecule has 0 spiro atoms. The van der Waals surface area contributed by atoms with Crippen LogP contribution in [0.2, 0.25) is 0 Å². The minimum absolute atomic E-state index is 0.188. The molecule has 0 N–H and O–H groups in total. The van der Waals surface area contributed by atoms with Crippen LogP contribution in [0.4, 0.5) is 4.79 Å². The van der Waals surface area contributed by atoms with E-state index < -0.39 is 11.2 Å². The molecule has 0 aromatic heterocycles. The quantitative estimate of drug-likeness (QED) is 0.216. The largest absolute Gasteiger partial charge is 0.456 e. The molecule has 1 aromatic rings. The summed E-state index contributed by atoms with van der Waals surface area (Å²) in [6.45, 7) is 10.8. The average Bonchev–Trinajstić information content (AvgIpc) is 2.57. The molecule has 0 atom stereocenters. The van der Waals surface area contributed by atoms with E-state index in [0.717, 1.165) is 23.6 Å². The number of likely N-dealkylation sites (tertiary alicyclic amines) is 1. The van der Waals surface area contributed by atoms with Gasteiger partial charge in [-0.3, -0.25) is 0 Å². The van der Waals surface area contributed by atoms with E-state index in [0.29, 0.717) is 18.7 Å². The lowest BCUT2D eigenvalue weighted by molar-refractivity contribution is -0.0479. The summed E-state index contributed by atoms with van der Waals surface area (Å²) < 4.78 is 14.3. The Morgan fingerprint density at radius 3 is 2.04 bits per heavy atom. The Kier molecular flexibility index (Phi) is 8.31. The van der Waals surface area contributed by atoms with Crippen LogP contribution in [-0.2, 0) is 9.47 Å². The summed E-state index contributed by atoms with van der Waals surface area (Å²) in [5.41, 5.74) is -0.471. The summed E-state index contributed by atoms with van der Waals surface area (Å²) >= 11 is 6.61. The predicted octanol–water partition coefficient (Wildman–Crippen LogP) is 6.08. The molecule has 1 aliphatic rings. The molecule has 2 rings (SSSR count). The Balaban J connectivity index is 2.02. The zero-order valence-corrected chi connectivity index (χ0v) is 23.2. The minimum Gasteiger partial charge on any atom is -0.456 e. The van der Waals surface area contributed by atoms with Crippen molar-refractivity contribution in [2.45, 2.75) is 58.7 Å². The third kappa shape index (κ3) is 6.32. The van der Waals surface area contributed by atoms with Crippen LogP contribution in [0.3, 0.4) is 0 Å². The first kappa shape index (κ1) is 24.4. The SMILES string of the molecule is CC(C)(C)OC(=O)N1CCC(C(C)(C)OC(=O)c2c(I)ccc(I)c2I)CC1. The molecule has 1 aromatic carbocycles. The van der Waals surface area contributed by atoms with Crippen molar-refractivity contribution in [1.29, 1.82) is 0 Å². The van der Waals surface area contributed by atoms with Gasteiger partial charge in [-0.05, 0) is 127 Å². The van der Waals surface area contributed by atoms with Gasteiger partial charge in [-0.15, -0.1) is 0 Å². The van der Waals surface area contributed by atoms with Crippen molar-refractivity contribution in [2.24, 2.45) is 5.92 Å². The van der Waals surface area contributed by atoms with Gasteiger partial charge in [0.25, 0.3) is 0 Å². The molecule has 1 heterocycles. The van der Waals surface area contributed by atoms with E-state index in [1.54, 1.807) is 4.90 Å². The van der Waals surface area contributed by atoms with Crippen molar-refractivity contribution in [3.8, 4) is 0 Å². The first-order valence-electron chi connectivity index (χ1n) is 9.16. The van der Waals surface area contributed by atoms with Gasteiger partial charge in [-0.25, -0.2) is 9.59 Å². The van der Waals surface area contributed by atoms with Crippen LogP contribution in [0.25, 0.3) is 0 Å². The third-order valence-corrected chi connectivity index (χ3v) is 8.68. The molecule has 0 bridgehead atoms. The number of nitrogens with zero attached hydrogens (tertiary/aromatic N) is 1. The van der Waals surface area contributed by atoms with Gasteiger partial charge in [0.2, 0.25) is 0 Å². The molecule has 28 heavy (non-hydrogen) atoms. The Bertz CT molecular complexity index is 751. The summed E-state index contributed by atoms with van der Waals surface area (Å²) in [4.78, 5) is 26.9. The molecular formula is C20H26I3NO4. The van der Waals surface area contributed by atoms with E-state index in [4.69, 9.17) is 9.47 Å². The van der Waals surface area contributed by atoms with E-state index in [2.05, 4.69) is 67.8 Å². The van der Waals surface area contributed by atoms with Gasteiger partial charge in [0.05, 0.1) is 5.56 Å². The lowest BCUT2D eigenvalue weighted by Crippen LogP contribution is -2.47. The molecular weight excluding hydrogens is 699 g/mol. The number of amides is 1. The molecule has 5 nitrogen and oxygen atoms in total. The standard InChI is InChI=1S/C20H26I3NO4/c1-19(2,3)28-18(26)24-10-8-12(9-11-24)20(4,5)27-17(25)15-13(21)6-7-14(22)16(15)23/h6-7,12H,8-11H2,1-5H3. The van der Waals surface area contributed by atoms with Crippen LogP contribution in [-0.4, -0.2) is 41.3 Å². The van der Waals surface area contributed by atoms with Crippen LogP contribution < -0.4 is 0 Å². The molecule has 0 unspecified atom stereocenters. The van der Waals surface area contributed by atoms with Crippen LogP contribution in [0, 0.1) is 16.6 Å². The smallest absolute Gasteiger partial charge is 0.410 e. The van der Waals surface area contributed by atoms with Gasteiger partial charge < -0.3 is 14.4 Å². The van der Waals surface area contributed by atoms with Gasteiger partial charge in [-0.1, -0.05) is 0 Å². The molecule has 1 aliphatic heterocycles. The van der Waals surface area contributed by atoms with Crippen LogP contribution >= 0.6 is 67.8 Å². The average molecular weight is 725 g/mol. The van der Waals surface area contributed by atoms with Gasteiger partial charge in [0, 0.05) is 29.7 Å². The number of rotatable bonds is 3. The van der Waals surface area contributed by atoms with Crippen molar-refractivity contribution in [3.63, 3.8) is 0 Å². The lowest BCUT2D eigenvalue weighted by Gasteiger charge is -2.40. The maximum absolute atomic E-state index is 12.9. The monoisotopic (exact) mass is 725 g/mol. The second-order valence-electron chi connectivity index (χ2n) is 8.45. The van der Waals surface area contributed by atoms with Crippen LogP contribution in [0.5, 0.6) is 0 Å². The molecule has 0 saturated carbocycles. The Labute approximate surface area is 208 Å². The van der Waals surface area contributed by atoms with Gasteiger partial charge in [-0.2, -0.15) is 0 Å². The van der Waals surface area contributed by atoms with Crippen molar-refractivity contribution in [1.82, 2.24) is 4.90 Å². The second kappa shape index (κ2) is 9.52. The number of ether oxygens (including phenoxy) is 2. The topological polar surface area (TPSA) is 55.8 Å². The fourth-order valence-electron chi connectivity index (χ4n) is 3.17. The fraction of sp³-hybridized carbons (Fsp3) is 0.600. The van der Waals surface area contributed by atoms with Crippen molar-refractivity contribution in [2.75, 3.05) is 13.1 Å². The first-order valence-corrected chi connectivity index (χ1v) is 12.4. The zero-order chi connectivity index (χ0) is 21.3. The van der Waals surface area contributed by atoms with E-state index in [1.165, 1.54) is 0 Å². The van der Waals surface area contributed by atoms with E-state index >= 15 is 0 Å². The van der Waals surface area contributed by atoms with Gasteiger partial charge in [0.15, 0.2) is 0 Å². The fourth-order valence-corrected chi connectivity index (χ4v) is 5.50. The number of esters is 1. The molecule has 1 fully saturated rings. The van der Waals surface area contributed by atoms with Gasteiger partial charge in [0.1, 0.15) is 11.2 Å². The molecule has 0 radical (unpaired) electrons. The summed E-state index contributed by atoms with van der Waals surface area (Å²) in [6, 6.07) is 3.94. The molecule has 1 saturated heterocycles. The van der Waals surface area contributed by atoms with Crippen molar-refractivity contribution in [3.05, 3.63) is 28.4 Å². The number of hydrogen-bond donors (Lipinski definition) is 0. The Hall–Kier alpha value is 0.150. The number of carbonyl (C=O) groups is 2. The second-order valence-corrected chi connectivity index (χ2v) is 11.9. The van der Waals surface area contributed by atoms with Crippen LogP contribution in [0.1, 0.15) is 57.8 Å². The molecule has 1 amide bonds. The zero-order valence-electron chi connectivity index (χ0n) is 16.8. The summed E-state index contributed by atoms with van der Waals surface area (Å²) in [7, 11) is 0. The van der Waals surface area contributed by atoms with E-state index in [-0.39, 0.29) is 18.0 Å². The first-order chi connectivity index (χ1) is 12.8. The van der Waals surface area contributed by atoms with Gasteiger partial charge >= 0.3 is 12.1 Å². The number of halogens is 3. The predicted molar refractivity (Wildman–Crippen MR) is 135 cm³/mol. The third-order valence-electron chi connectivity index (χ3n) is 4.73. The normalized spacial score (nSPS) is 16.1. The molecule has 156 valence electrons. The van der Waals surface area contributed by atoms with E-state index in [9.17, 15) is 9.59 Å². The highest BCUT2D eigenvalue weighted by Crippen LogP contribution is 2.34. The number of carbonyl (C=O) groups excluding carboxylic acids is 2. The van der Waals surface area contributed by atoms with Crippen molar-refractivity contribution >= 4 is 79.8 Å². The molecule has 0 aliphatic carbocycles. The van der Waals surface area contributed by atoms with E-state index in [1.807, 2.05) is 46.8 Å². The minimum atomic E-state index is -0.607. The highest BCUT2D eigenvalue weighted by atomic mass is 127. The summed E-state index contributed by atoms with van der Waals surface area (Å²) in [5, 5.41) is 0. The number of piperidine rings is 1. The molecule has 8 heteroatoms. The number of benzene rings is 1. The summed E-state index contributed by atoms with van der Waals surface area (Å²) in [5.74, 6) is -0.0971. The lowest BCUT2D eigenvalue weighted by atomic mass is 9.83.